The molecule has 0 radical (unpaired) electrons. The van der Waals surface area contributed by atoms with Gasteiger partial charge in [0.2, 0.25) is 0 Å². The normalized spacial score (nSPS) is 11.7. The molecule has 0 aliphatic heterocycles. The molecule has 1 heterocycles. The Hall–Kier alpha value is -2.62. The summed E-state index contributed by atoms with van der Waals surface area (Å²) in [5.41, 5.74) is 0.734. The maximum Gasteiger partial charge on any atom is 0.328 e. The molecule has 3 rings (SSSR count). The van der Waals surface area contributed by atoms with E-state index in [1.165, 1.54) is 4.57 Å². The minimum Gasteiger partial charge on any atom is -0.307 e. The van der Waals surface area contributed by atoms with Crippen LogP contribution in [0, 0.1) is 0 Å². The molecule has 0 saturated carbocycles. The quantitative estimate of drug-likeness (QED) is 0.807. The minimum absolute atomic E-state index is 0.247. The average Bonchev–Trinajstić information content (AvgIpc) is 2.52. The fraction of sp³-hybridized carbons (Fsp3) is 0.222. The second-order valence-electron chi connectivity index (χ2n) is 6.12. The van der Waals surface area contributed by atoms with Gasteiger partial charge < -0.3 is 4.98 Å². The SMILES string of the molecule is CC(C)(Cn1c(=O)[nH]c2ccccc2c1=O)c1ccccc1. The first-order valence-corrected chi connectivity index (χ1v) is 7.26. The third-order valence-corrected chi connectivity index (χ3v) is 4.00. The summed E-state index contributed by atoms with van der Waals surface area (Å²) >= 11 is 0. The Balaban J connectivity index is 2.12. The average molecular weight is 294 g/mol. The largest absolute Gasteiger partial charge is 0.328 e. The van der Waals surface area contributed by atoms with E-state index in [2.05, 4.69) is 4.98 Å². The molecule has 0 saturated heterocycles. The zero-order valence-electron chi connectivity index (χ0n) is 12.7. The van der Waals surface area contributed by atoms with Gasteiger partial charge in [-0.25, -0.2) is 4.79 Å². The first kappa shape index (κ1) is 14.3. The van der Waals surface area contributed by atoms with Crippen molar-refractivity contribution in [1.29, 1.82) is 0 Å². The van der Waals surface area contributed by atoms with E-state index in [1.54, 1.807) is 24.3 Å². The van der Waals surface area contributed by atoms with Crippen molar-refractivity contribution in [2.45, 2.75) is 25.8 Å². The third kappa shape index (κ3) is 2.48. The number of para-hydroxylation sites is 1. The number of rotatable bonds is 3. The van der Waals surface area contributed by atoms with Gasteiger partial charge in [0.05, 0.1) is 10.9 Å². The fourth-order valence-corrected chi connectivity index (χ4v) is 2.72. The number of benzene rings is 2. The Morgan fingerprint density at radius 1 is 0.955 bits per heavy atom. The molecule has 0 spiro atoms. The molecular formula is C18H18N2O2. The van der Waals surface area contributed by atoms with Crippen LogP contribution < -0.4 is 11.2 Å². The van der Waals surface area contributed by atoms with Gasteiger partial charge in [0.25, 0.3) is 5.56 Å². The summed E-state index contributed by atoms with van der Waals surface area (Å²) in [7, 11) is 0. The van der Waals surface area contributed by atoms with Gasteiger partial charge in [-0.3, -0.25) is 9.36 Å². The standard InChI is InChI=1S/C18H18N2O2/c1-18(2,13-8-4-3-5-9-13)12-20-16(21)14-10-6-7-11-15(14)19-17(20)22/h3-11H,12H2,1-2H3,(H,19,22). The topological polar surface area (TPSA) is 54.9 Å². The molecule has 22 heavy (non-hydrogen) atoms. The Morgan fingerprint density at radius 2 is 1.59 bits per heavy atom. The van der Waals surface area contributed by atoms with Gasteiger partial charge in [0.15, 0.2) is 0 Å². The lowest BCUT2D eigenvalue weighted by molar-refractivity contribution is 0.417. The third-order valence-electron chi connectivity index (χ3n) is 4.00. The predicted octanol–water partition coefficient (Wildman–Crippen LogP) is 2.67. The lowest BCUT2D eigenvalue weighted by Crippen LogP contribution is -2.40. The number of hydrogen-bond acceptors (Lipinski definition) is 2. The number of fused-ring (bicyclic) bond motifs is 1. The van der Waals surface area contributed by atoms with Crippen molar-refractivity contribution in [3.63, 3.8) is 0 Å². The first-order chi connectivity index (χ1) is 10.5. The Morgan fingerprint density at radius 3 is 2.32 bits per heavy atom. The van der Waals surface area contributed by atoms with Crippen molar-refractivity contribution in [2.75, 3.05) is 0 Å². The van der Waals surface area contributed by atoms with Crippen molar-refractivity contribution >= 4 is 10.9 Å². The van der Waals surface area contributed by atoms with Crippen LogP contribution >= 0.6 is 0 Å². The summed E-state index contributed by atoms with van der Waals surface area (Å²) in [6, 6.07) is 17.0. The van der Waals surface area contributed by atoms with E-state index in [0.717, 1.165) is 5.56 Å². The molecule has 4 nitrogen and oxygen atoms in total. The van der Waals surface area contributed by atoms with Crippen molar-refractivity contribution in [3.8, 4) is 0 Å². The van der Waals surface area contributed by atoms with Crippen LogP contribution in [0.1, 0.15) is 19.4 Å². The molecule has 0 unspecified atom stereocenters. The lowest BCUT2D eigenvalue weighted by atomic mass is 9.84. The van der Waals surface area contributed by atoms with E-state index >= 15 is 0 Å². The molecule has 0 atom stereocenters. The van der Waals surface area contributed by atoms with Gasteiger partial charge in [-0.2, -0.15) is 0 Å². The van der Waals surface area contributed by atoms with Gasteiger partial charge >= 0.3 is 5.69 Å². The van der Waals surface area contributed by atoms with Crippen LogP contribution in [0.15, 0.2) is 64.2 Å². The van der Waals surface area contributed by atoms with Crippen molar-refractivity contribution in [1.82, 2.24) is 9.55 Å². The highest BCUT2D eigenvalue weighted by atomic mass is 16.2. The number of nitrogens with one attached hydrogen (secondary N) is 1. The molecule has 0 bridgehead atoms. The van der Waals surface area contributed by atoms with Crippen LogP contribution in [0.4, 0.5) is 0 Å². The van der Waals surface area contributed by atoms with Crippen molar-refractivity contribution < 1.29 is 0 Å². The summed E-state index contributed by atoms with van der Waals surface area (Å²) in [4.78, 5) is 27.7. The summed E-state index contributed by atoms with van der Waals surface area (Å²) < 4.78 is 1.29. The van der Waals surface area contributed by atoms with E-state index in [0.29, 0.717) is 17.4 Å². The highest BCUT2D eigenvalue weighted by Gasteiger charge is 2.23. The number of nitrogens with zero attached hydrogens (tertiary/aromatic N) is 1. The highest BCUT2D eigenvalue weighted by molar-refractivity contribution is 5.76. The van der Waals surface area contributed by atoms with Gasteiger partial charge in [0.1, 0.15) is 0 Å². The molecular weight excluding hydrogens is 276 g/mol. The number of aromatic nitrogens is 2. The van der Waals surface area contributed by atoms with Crippen LogP contribution in [0.5, 0.6) is 0 Å². The van der Waals surface area contributed by atoms with Crippen molar-refractivity contribution in [3.05, 3.63) is 81.0 Å². The Kier molecular flexibility index (Phi) is 3.45. The molecule has 0 amide bonds. The van der Waals surface area contributed by atoms with E-state index in [-0.39, 0.29) is 16.7 Å². The molecule has 0 aliphatic carbocycles. The molecule has 0 aliphatic rings. The van der Waals surface area contributed by atoms with Gasteiger partial charge in [-0.1, -0.05) is 56.3 Å². The molecule has 112 valence electrons. The maximum atomic E-state index is 12.6. The predicted molar refractivity (Wildman–Crippen MR) is 88.3 cm³/mol. The number of hydrogen-bond donors (Lipinski definition) is 1. The van der Waals surface area contributed by atoms with E-state index < -0.39 is 0 Å². The second kappa shape index (κ2) is 5.30. The Labute approximate surface area is 128 Å². The maximum absolute atomic E-state index is 12.6. The monoisotopic (exact) mass is 294 g/mol. The lowest BCUT2D eigenvalue weighted by Gasteiger charge is -2.25. The highest BCUT2D eigenvalue weighted by Crippen LogP contribution is 2.24. The van der Waals surface area contributed by atoms with Crippen LogP contribution in [0.3, 0.4) is 0 Å². The zero-order valence-corrected chi connectivity index (χ0v) is 12.7. The second-order valence-corrected chi connectivity index (χ2v) is 6.12. The van der Waals surface area contributed by atoms with Gasteiger partial charge in [-0.15, -0.1) is 0 Å². The van der Waals surface area contributed by atoms with Gasteiger partial charge in [-0.05, 0) is 17.7 Å². The molecule has 0 fully saturated rings. The first-order valence-electron chi connectivity index (χ1n) is 7.26. The van der Waals surface area contributed by atoms with Crippen LogP contribution in [0.25, 0.3) is 10.9 Å². The van der Waals surface area contributed by atoms with E-state index in [1.807, 2.05) is 44.2 Å². The molecule has 1 aromatic heterocycles. The van der Waals surface area contributed by atoms with E-state index in [9.17, 15) is 9.59 Å². The van der Waals surface area contributed by atoms with Crippen LogP contribution in [-0.2, 0) is 12.0 Å². The van der Waals surface area contributed by atoms with Crippen LogP contribution in [-0.4, -0.2) is 9.55 Å². The van der Waals surface area contributed by atoms with Crippen LogP contribution in [0.2, 0.25) is 0 Å². The fourth-order valence-electron chi connectivity index (χ4n) is 2.72. The smallest absolute Gasteiger partial charge is 0.307 e. The number of H-pyrrole nitrogens is 1. The molecule has 1 N–H and O–H groups in total. The summed E-state index contributed by atoms with van der Waals surface area (Å²) in [5, 5.41) is 0.533. The molecule has 3 aromatic rings. The zero-order chi connectivity index (χ0) is 15.7. The van der Waals surface area contributed by atoms with Gasteiger partial charge in [0, 0.05) is 12.0 Å². The summed E-state index contributed by atoms with van der Waals surface area (Å²) in [6.07, 6.45) is 0. The van der Waals surface area contributed by atoms with E-state index in [4.69, 9.17) is 0 Å². The molecule has 4 heteroatoms. The molecule has 2 aromatic carbocycles. The Bertz CT molecular complexity index is 921. The summed E-state index contributed by atoms with van der Waals surface area (Å²) in [6.45, 7) is 4.39. The summed E-state index contributed by atoms with van der Waals surface area (Å²) in [5.74, 6) is 0. The van der Waals surface area contributed by atoms with Crippen molar-refractivity contribution in [2.24, 2.45) is 0 Å². The minimum atomic E-state index is -0.368. The number of aromatic amines is 1.